The lowest BCUT2D eigenvalue weighted by Crippen LogP contribution is -2.22. The van der Waals surface area contributed by atoms with Crippen molar-refractivity contribution in [3.05, 3.63) is 58.7 Å². The number of aryl methyl sites for hydroxylation is 1. The Balaban J connectivity index is 2.58. The number of sulfonamides is 1. The normalized spacial score (nSPS) is 12.6. The van der Waals surface area contributed by atoms with Gasteiger partial charge in [0.25, 0.3) is 15.9 Å². The average Bonchev–Trinajstić information content (AvgIpc) is 2.60. The molecule has 12 heteroatoms. The van der Waals surface area contributed by atoms with Gasteiger partial charge in [0.05, 0.1) is 21.7 Å². The highest BCUT2D eigenvalue weighted by Crippen LogP contribution is 2.37. The Kier molecular flexibility index (Phi) is 6.13. The molecule has 2 aromatic rings. The fraction of sp³-hybridized carbons (Fsp3) is 0.278. The molecule has 2 aromatic carbocycles. The van der Waals surface area contributed by atoms with E-state index in [4.69, 9.17) is 0 Å². The van der Waals surface area contributed by atoms with Crippen LogP contribution in [0.2, 0.25) is 0 Å². The lowest BCUT2D eigenvalue weighted by Gasteiger charge is -2.17. The molecule has 0 unspecified atom stereocenters. The minimum atomic E-state index is -5.19. The third-order valence-corrected chi connectivity index (χ3v) is 5.35. The van der Waals surface area contributed by atoms with Crippen LogP contribution < -0.4 is 4.72 Å². The number of carbonyl (C=O) groups excluding carboxylic acids is 1. The molecule has 0 atom stereocenters. The zero-order chi connectivity index (χ0) is 23.1. The molecule has 0 aliphatic rings. The molecule has 30 heavy (non-hydrogen) atoms. The second-order valence-electron chi connectivity index (χ2n) is 6.58. The van der Waals surface area contributed by atoms with E-state index in [1.165, 1.54) is 38.1 Å². The first-order chi connectivity index (χ1) is 13.5. The Labute approximate surface area is 168 Å². The number of alkyl halides is 6. The molecular weight excluding hydrogens is 438 g/mol. The molecule has 0 aliphatic carbocycles. The first kappa shape index (κ1) is 23.5. The number of rotatable bonds is 4. The predicted molar refractivity (Wildman–Crippen MR) is 96.5 cm³/mol. The highest BCUT2D eigenvalue weighted by atomic mass is 32.2. The summed E-state index contributed by atoms with van der Waals surface area (Å²) in [6.07, 6.45) is -10.4. The largest absolute Gasteiger partial charge is 0.416 e. The summed E-state index contributed by atoms with van der Waals surface area (Å²) in [4.78, 5) is 12.1. The van der Waals surface area contributed by atoms with Crippen LogP contribution in [0.3, 0.4) is 0 Å². The second-order valence-corrected chi connectivity index (χ2v) is 8.26. The third kappa shape index (κ3) is 5.23. The van der Waals surface area contributed by atoms with Crippen LogP contribution in [0.5, 0.6) is 0 Å². The molecule has 1 N–H and O–H groups in total. The van der Waals surface area contributed by atoms with Gasteiger partial charge in [-0.15, -0.1) is 0 Å². The molecule has 0 radical (unpaired) electrons. The maximum Gasteiger partial charge on any atom is 0.416 e. The number of carbonyl (C=O) groups is 1. The van der Waals surface area contributed by atoms with Gasteiger partial charge in [-0.1, -0.05) is 6.07 Å². The van der Waals surface area contributed by atoms with Gasteiger partial charge in [0, 0.05) is 19.7 Å². The van der Waals surface area contributed by atoms with Crippen molar-refractivity contribution >= 4 is 21.6 Å². The van der Waals surface area contributed by atoms with Crippen LogP contribution in [0.15, 0.2) is 41.3 Å². The standard InChI is InChI=1S/C18H16F6N2O3S/c1-10-4-5-11(16(27)26(2)3)6-15(10)25-30(28,29)14-8-12(17(19,20)21)7-13(9-14)18(22,23)24/h4-9,25H,1-3H3. The van der Waals surface area contributed by atoms with Gasteiger partial charge in [0.15, 0.2) is 0 Å². The van der Waals surface area contributed by atoms with E-state index >= 15 is 0 Å². The topological polar surface area (TPSA) is 66.5 Å². The van der Waals surface area contributed by atoms with Gasteiger partial charge >= 0.3 is 12.4 Å². The summed E-state index contributed by atoms with van der Waals surface area (Å²) in [6, 6.07) is 4.00. The maximum absolute atomic E-state index is 13.0. The van der Waals surface area contributed by atoms with E-state index in [-0.39, 0.29) is 29.4 Å². The van der Waals surface area contributed by atoms with Crippen LogP contribution >= 0.6 is 0 Å². The summed E-state index contributed by atoms with van der Waals surface area (Å²) < 4.78 is 105. The van der Waals surface area contributed by atoms with Gasteiger partial charge in [0.1, 0.15) is 0 Å². The molecule has 0 aliphatic heterocycles. The molecule has 164 valence electrons. The summed E-state index contributed by atoms with van der Waals surface area (Å²) in [5, 5.41) is 0. The minimum absolute atomic E-state index is 0.0725. The van der Waals surface area contributed by atoms with Crippen molar-refractivity contribution in [2.75, 3.05) is 18.8 Å². The Morgan fingerprint density at radius 1 is 0.900 bits per heavy atom. The third-order valence-electron chi connectivity index (χ3n) is 4.01. The second kappa shape index (κ2) is 7.82. The van der Waals surface area contributed by atoms with Crippen molar-refractivity contribution in [2.24, 2.45) is 0 Å². The smallest absolute Gasteiger partial charge is 0.345 e. The molecule has 0 bridgehead atoms. The molecular formula is C18H16F6N2O3S. The Hall–Kier alpha value is -2.76. The van der Waals surface area contributed by atoms with E-state index in [9.17, 15) is 39.6 Å². The van der Waals surface area contributed by atoms with Crippen LogP contribution in [-0.4, -0.2) is 33.3 Å². The number of nitrogens with zero attached hydrogens (tertiary/aromatic N) is 1. The van der Waals surface area contributed by atoms with E-state index in [0.29, 0.717) is 5.56 Å². The van der Waals surface area contributed by atoms with Gasteiger partial charge in [-0.05, 0) is 42.8 Å². The molecule has 0 spiro atoms. The van der Waals surface area contributed by atoms with Gasteiger partial charge in [-0.2, -0.15) is 26.3 Å². The molecule has 0 saturated heterocycles. The number of anilines is 1. The van der Waals surface area contributed by atoms with Crippen LogP contribution in [0, 0.1) is 6.92 Å². The molecule has 0 fully saturated rings. The minimum Gasteiger partial charge on any atom is -0.345 e. The van der Waals surface area contributed by atoms with E-state index in [1.54, 1.807) is 0 Å². The molecule has 5 nitrogen and oxygen atoms in total. The number of hydrogen-bond acceptors (Lipinski definition) is 3. The molecule has 1 amide bonds. The lowest BCUT2D eigenvalue weighted by atomic mass is 10.1. The van der Waals surface area contributed by atoms with Gasteiger partial charge < -0.3 is 4.90 Å². The monoisotopic (exact) mass is 454 g/mol. The number of hydrogen-bond donors (Lipinski definition) is 1. The first-order valence-corrected chi connectivity index (χ1v) is 9.65. The van der Waals surface area contributed by atoms with E-state index in [1.807, 2.05) is 4.72 Å². The van der Waals surface area contributed by atoms with Crippen molar-refractivity contribution < 1.29 is 39.6 Å². The summed E-state index contributed by atoms with van der Waals surface area (Å²) in [7, 11) is -1.94. The Morgan fingerprint density at radius 3 is 1.83 bits per heavy atom. The van der Waals surface area contributed by atoms with Crippen molar-refractivity contribution in [1.82, 2.24) is 4.90 Å². The highest BCUT2D eigenvalue weighted by Gasteiger charge is 2.38. The molecule has 0 heterocycles. The van der Waals surface area contributed by atoms with Crippen LogP contribution in [0.25, 0.3) is 0 Å². The molecule has 2 rings (SSSR count). The lowest BCUT2D eigenvalue weighted by molar-refractivity contribution is -0.143. The van der Waals surface area contributed by atoms with Gasteiger partial charge in [-0.25, -0.2) is 8.42 Å². The van der Waals surface area contributed by atoms with Crippen molar-refractivity contribution in [3.63, 3.8) is 0 Å². The highest BCUT2D eigenvalue weighted by molar-refractivity contribution is 7.92. The van der Waals surface area contributed by atoms with E-state index in [2.05, 4.69) is 0 Å². The van der Waals surface area contributed by atoms with Gasteiger partial charge in [0.2, 0.25) is 0 Å². The van der Waals surface area contributed by atoms with Crippen LogP contribution in [0.1, 0.15) is 27.0 Å². The summed E-state index contributed by atoms with van der Waals surface area (Å²) >= 11 is 0. The Bertz CT molecular complexity index is 1040. The summed E-state index contributed by atoms with van der Waals surface area (Å²) in [5.74, 6) is -0.478. The fourth-order valence-electron chi connectivity index (χ4n) is 2.41. The van der Waals surface area contributed by atoms with Crippen LogP contribution in [-0.2, 0) is 22.4 Å². The zero-order valence-corrected chi connectivity index (χ0v) is 16.6. The summed E-state index contributed by atoms with van der Waals surface area (Å²) in [5.41, 5.74) is -3.30. The zero-order valence-electron chi connectivity index (χ0n) is 15.8. The number of benzene rings is 2. The van der Waals surface area contributed by atoms with Crippen molar-refractivity contribution in [2.45, 2.75) is 24.2 Å². The maximum atomic E-state index is 13.0. The van der Waals surface area contributed by atoms with Crippen LogP contribution in [0.4, 0.5) is 32.0 Å². The first-order valence-electron chi connectivity index (χ1n) is 8.17. The Morgan fingerprint density at radius 2 is 1.40 bits per heavy atom. The fourth-order valence-corrected chi connectivity index (χ4v) is 3.60. The SMILES string of the molecule is Cc1ccc(C(=O)N(C)C)cc1NS(=O)(=O)c1cc(C(F)(F)F)cc(C(F)(F)F)c1. The summed E-state index contributed by atoms with van der Waals surface area (Å²) in [6.45, 7) is 1.45. The predicted octanol–water partition coefficient (Wildman–Crippen LogP) is 4.54. The van der Waals surface area contributed by atoms with E-state index in [0.717, 1.165) is 6.07 Å². The number of amides is 1. The van der Waals surface area contributed by atoms with E-state index < -0.39 is 44.3 Å². The quantitative estimate of drug-likeness (QED) is 0.691. The average molecular weight is 454 g/mol. The molecule has 0 saturated carbocycles. The van der Waals surface area contributed by atoms with Gasteiger partial charge in [-0.3, -0.25) is 9.52 Å². The van der Waals surface area contributed by atoms with Crippen molar-refractivity contribution in [3.8, 4) is 0 Å². The molecule has 0 aromatic heterocycles. The number of halogens is 6. The number of nitrogens with one attached hydrogen (secondary N) is 1. The van der Waals surface area contributed by atoms with Crippen molar-refractivity contribution in [1.29, 1.82) is 0 Å².